The van der Waals surface area contributed by atoms with E-state index in [0.717, 1.165) is 25.7 Å². The smallest absolute Gasteiger partial charge is 0.232 e. The molecule has 0 radical (unpaired) electrons. The lowest BCUT2D eigenvalue weighted by Crippen LogP contribution is -2.24. The zero-order valence-electron chi connectivity index (χ0n) is 11.4. The predicted molar refractivity (Wildman–Crippen MR) is 78.3 cm³/mol. The molecule has 1 aromatic carbocycles. The van der Waals surface area contributed by atoms with Gasteiger partial charge in [-0.05, 0) is 37.0 Å². The average molecular weight is 300 g/mol. The van der Waals surface area contributed by atoms with Crippen molar-refractivity contribution in [3.63, 3.8) is 0 Å². The van der Waals surface area contributed by atoms with E-state index in [-0.39, 0.29) is 18.2 Å². The number of halogens is 1. The third-order valence-corrected chi connectivity index (χ3v) is 5.18. The molecule has 4 nitrogen and oxygen atoms in total. The van der Waals surface area contributed by atoms with Crippen LogP contribution >= 0.6 is 0 Å². The summed E-state index contributed by atoms with van der Waals surface area (Å²) < 4.78 is 40.1. The third kappa shape index (κ3) is 4.18. The normalized spacial score (nSPS) is 17.1. The van der Waals surface area contributed by atoms with Crippen LogP contribution in [0.1, 0.15) is 37.7 Å². The molecular weight excluding hydrogens is 279 g/mol. The molecule has 0 unspecified atom stereocenters. The Hall–Kier alpha value is -1.14. The Morgan fingerprint density at radius 1 is 1.25 bits per heavy atom. The van der Waals surface area contributed by atoms with E-state index in [1.54, 1.807) is 0 Å². The fourth-order valence-electron chi connectivity index (χ4n) is 2.68. The molecule has 1 aromatic rings. The van der Waals surface area contributed by atoms with Crippen LogP contribution in [0.15, 0.2) is 18.2 Å². The summed E-state index contributed by atoms with van der Waals surface area (Å²) in [6, 6.07) is 4.11. The molecule has 3 N–H and O–H groups in total. The molecule has 1 fully saturated rings. The Kier molecular flexibility index (Phi) is 4.99. The highest BCUT2D eigenvalue weighted by Crippen LogP contribution is 2.25. The van der Waals surface area contributed by atoms with E-state index in [1.165, 1.54) is 24.6 Å². The SMILES string of the molecule is NCc1cc(NS(=O)(=O)CC2CCCCC2)ccc1F. The molecule has 0 heterocycles. The van der Waals surface area contributed by atoms with Crippen molar-refractivity contribution in [2.24, 2.45) is 11.7 Å². The summed E-state index contributed by atoms with van der Waals surface area (Å²) in [5.41, 5.74) is 6.10. The zero-order valence-corrected chi connectivity index (χ0v) is 12.3. The van der Waals surface area contributed by atoms with Gasteiger partial charge in [0.1, 0.15) is 5.82 Å². The molecule has 0 amide bonds. The standard InChI is InChI=1S/C14H21FN2O2S/c15-14-7-6-13(8-12(14)9-16)17-20(18,19)10-11-4-2-1-3-5-11/h6-8,11,17H,1-5,9-10,16H2. The second kappa shape index (κ2) is 6.54. The molecule has 112 valence electrons. The van der Waals surface area contributed by atoms with Crippen LogP contribution in [0, 0.1) is 11.7 Å². The van der Waals surface area contributed by atoms with Crippen molar-refractivity contribution in [1.29, 1.82) is 0 Å². The van der Waals surface area contributed by atoms with Gasteiger partial charge in [-0.3, -0.25) is 4.72 Å². The fourth-order valence-corrected chi connectivity index (χ4v) is 4.20. The maximum atomic E-state index is 13.3. The maximum absolute atomic E-state index is 13.3. The van der Waals surface area contributed by atoms with Crippen molar-refractivity contribution in [2.45, 2.75) is 38.6 Å². The van der Waals surface area contributed by atoms with E-state index < -0.39 is 15.8 Å². The van der Waals surface area contributed by atoms with Crippen LogP contribution in [0.3, 0.4) is 0 Å². The molecule has 6 heteroatoms. The van der Waals surface area contributed by atoms with Gasteiger partial charge >= 0.3 is 0 Å². The van der Waals surface area contributed by atoms with Crippen LogP contribution in [0.5, 0.6) is 0 Å². The Balaban J connectivity index is 2.03. The highest BCUT2D eigenvalue weighted by molar-refractivity contribution is 7.92. The number of hydrogen-bond donors (Lipinski definition) is 2. The number of hydrogen-bond acceptors (Lipinski definition) is 3. The average Bonchev–Trinajstić information content (AvgIpc) is 2.41. The first-order valence-electron chi connectivity index (χ1n) is 6.99. The van der Waals surface area contributed by atoms with Gasteiger partial charge in [0.25, 0.3) is 0 Å². The van der Waals surface area contributed by atoms with E-state index in [2.05, 4.69) is 4.72 Å². The van der Waals surface area contributed by atoms with Crippen LogP contribution in [0.4, 0.5) is 10.1 Å². The summed E-state index contributed by atoms with van der Waals surface area (Å²) in [6.45, 7) is 0.0457. The Morgan fingerprint density at radius 2 is 1.95 bits per heavy atom. The zero-order chi connectivity index (χ0) is 14.6. The topological polar surface area (TPSA) is 72.2 Å². The molecule has 1 aliphatic rings. The van der Waals surface area contributed by atoms with Gasteiger partial charge in [-0.2, -0.15) is 0 Å². The molecule has 1 aliphatic carbocycles. The van der Waals surface area contributed by atoms with Gasteiger partial charge in [-0.15, -0.1) is 0 Å². The van der Waals surface area contributed by atoms with Gasteiger partial charge in [-0.25, -0.2) is 12.8 Å². The van der Waals surface area contributed by atoms with E-state index in [4.69, 9.17) is 5.73 Å². The summed E-state index contributed by atoms with van der Waals surface area (Å²) in [5, 5.41) is 0. The summed E-state index contributed by atoms with van der Waals surface area (Å²) >= 11 is 0. The fraction of sp³-hybridized carbons (Fsp3) is 0.571. The van der Waals surface area contributed by atoms with Gasteiger partial charge in [0.15, 0.2) is 0 Å². The largest absolute Gasteiger partial charge is 0.326 e. The van der Waals surface area contributed by atoms with Crippen molar-refractivity contribution in [2.75, 3.05) is 10.5 Å². The Morgan fingerprint density at radius 3 is 2.60 bits per heavy atom. The molecule has 0 spiro atoms. The van der Waals surface area contributed by atoms with Gasteiger partial charge in [0.2, 0.25) is 10.0 Å². The summed E-state index contributed by atoms with van der Waals surface area (Å²) in [6.07, 6.45) is 5.35. The van der Waals surface area contributed by atoms with Crippen molar-refractivity contribution < 1.29 is 12.8 Å². The lowest BCUT2D eigenvalue weighted by Gasteiger charge is -2.21. The number of benzene rings is 1. The van der Waals surface area contributed by atoms with Gasteiger partial charge in [0.05, 0.1) is 5.75 Å². The molecule has 20 heavy (non-hydrogen) atoms. The lowest BCUT2D eigenvalue weighted by molar-refractivity contribution is 0.385. The lowest BCUT2D eigenvalue weighted by atomic mass is 9.91. The number of anilines is 1. The highest BCUT2D eigenvalue weighted by Gasteiger charge is 2.21. The number of nitrogens with one attached hydrogen (secondary N) is 1. The van der Waals surface area contributed by atoms with Crippen molar-refractivity contribution in [3.05, 3.63) is 29.6 Å². The molecule has 0 atom stereocenters. The van der Waals surface area contributed by atoms with Gasteiger partial charge < -0.3 is 5.73 Å². The van der Waals surface area contributed by atoms with Crippen LogP contribution in [-0.2, 0) is 16.6 Å². The van der Waals surface area contributed by atoms with E-state index >= 15 is 0 Å². The summed E-state index contributed by atoms with van der Waals surface area (Å²) in [7, 11) is -3.39. The van der Waals surface area contributed by atoms with Crippen molar-refractivity contribution >= 4 is 15.7 Å². The highest BCUT2D eigenvalue weighted by atomic mass is 32.2. The van der Waals surface area contributed by atoms with Crippen LogP contribution in [-0.4, -0.2) is 14.2 Å². The van der Waals surface area contributed by atoms with Gasteiger partial charge in [-0.1, -0.05) is 19.3 Å². The minimum Gasteiger partial charge on any atom is -0.326 e. The summed E-state index contributed by atoms with van der Waals surface area (Å²) in [4.78, 5) is 0. The maximum Gasteiger partial charge on any atom is 0.232 e. The first-order chi connectivity index (χ1) is 9.50. The monoisotopic (exact) mass is 300 g/mol. The molecule has 0 aliphatic heterocycles. The molecule has 0 aromatic heterocycles. The molecule has 0 bridgehead atoms. The number of rotatable bonds is 5. The minimum atomic E-state index is -3.39. The first-order valence-corrected chi connectivity index (χ1v) is 8.64. The Labute approximate surface area is 119 Å². The van der Waals surface area contributed by atoms with Gasteiger partial charge in [0, 0.05) is 17.8 Å². The predicted octanol–water partition coefficient (Wildman–Crippen LogP) is 2.61. The van der Waals surface area contributed by atoms with Crippen molar-refractivity contribution in [3.8, 4) is 0 Å². The molecular formula is C14H21FN2O2S. The molecule has 2 rings (SSSR count). The molecule has 0 saturated heterocycles. The van der Waals surface area contributed by atoms with Crippen LogP contribution in [0.2, 0.25) is 0 Å². The summed E-state index contributed by atoms with van der Waals surface area (Å²) in [5.74, 6) is -0.0408. The van der Waals surface area contributed by atoms with E-state index in [1.807, 2.05) is 0 Å². The van der Waals surface area contributed by atoms with E-state index in [9.17, 15) is 12.8 Å². The molecule has 1 saturated carbocycles. The minimum absolute atomic E-state index is 0.0457. The van der Waals surface area contributed by atoms with E-state index in [0.29, 0.717) is 11.3 Å². The first kappa shape index (κ1) is 15.3. The number of sulfonamides is 1. The Bertz CT molecular complexity index is 554. The van der Waals surface area contributed by atoms with Crippen LogP contribution < -0.4 is 10.5 Å². The van der Waals surface area contributed by atoms with Crippen molar-refractivity contribution in [1.82, 2.24) is 0 Å². The second-order valence-corrected chi connectivity index (χ2v) is 7.16. The van der Waals surface area contributed by atoms with Crippen LogP contribution in [0.25, 0.3) is 0 Å². The quantitative estimate of drug-likeness (QED) is 0.878. The third-order valence-electron chi connectivity index (χ3n) is 3.72. The second-order valence-electron chi connectivity index (χ2n) is 5.40. The number of nitrogens with two attached hydrogens (primary N) is 1.